The quantitative estimate of drug-likeness (QED) is 0.882. The zero-order valence-electron chi connectivity index (χ0n) is 8.77. The van der Waals surface area contributed by atoms with E-state index in [1.54, 1.807) is 0 Å². The number of hydrogen-bond acceptors (Lipinski definition) is 4. The Morgan fingerprint density at radius 3 is 2.41 bits per heavy atom. The van der Waals surface area contributed by atoms with E-state index in [1.165, 1.54) is 6.07 Å². The third-order valence-corrected chi connectivity index (χ3v) is 3.66. The average molecular weight is 269 g/mol. The molecule has 0 unspecified atom stereocenters. The maximum atomic E-state index is 12.1. The summed E-state index contributed by atoms with van der Waals surface area (Å²) in [5.74, 6) is 0.0856. The van der Waals surface area contributed by atoms with Crippen molar-refractivity contribution in [3.63, 3.8) is 0 Å². The molecule has 0 bridgehead atoms. The fourth-order valence-corrected chi connectivity index (χ4v) is 2.16. The fraction of sp³-hybridized carbons (Fsp3) is 0.375. The van der Waals surface area contributed by atoms with Gasteiger partial charge < -0.3 is 5.73 Å². The monoisotopic (exact) mass is 269 g/mol. The lowest BCUT2D eigenvalue weighted by Gasteiger charge is -2.18. The number of anilines is 1. The molecule has 96 valence electrons. The summed E-state index contributed by atoms with van der Waals surface area (Å²) < 4.78 is 59.8. The van der Waals surface area contributed by atoms with Crippen LogP contribution in [0.3, 0.4) is 0 Å². The van der Waals surface area contributed by atoms with Gasteiger partial charge in [0.15, 0.2) is 0 Å². The molecule has 0 aliphatic carbocycles. The number of sulfonamides is 1. The van der Waals surface area contributed by atoms with E-state index in [9.17, 15) is 21.6 Å². The van der Waals surface area contributed by atoms with Crippen molar-refractivity contribution in [2.75, 3.05) is 19.3 Å². The largest absolute Gasteiger partial charge is 0.402 e. The number of nitrogens with two attached hydrogens (primary N) is 1. The summed E-state index contributed by atoms with van der Waals surface area (Å²) in [6.07, 6.45) is -3.68. The van der Waals surface area contributed by atoms with Crippen molar-refractivity contribution in [2.45, 2.75) is 11.1 Å². The molecule has 0 aromatic carbocycles. The van der Waals surface area contributed by atoms with Crippen molar-refractivity contribution in [1.29, 1.82) is 0 Å². The highest BCUT2D eigenvalue weighted by Crippen LogP contribution is 2.21. The van der Waals surface area contributed by atoms with E-state index >= 15 is 0 Å². The minimum Gasteiger partial charge on any atom is -0.384 e. The van der Waals surface area contributed by atoms with Crippen molar-refractivity contribution in [3.8, 4) is 0 Å². The number of nitrogen functional groups attached to an aromatic ring is 1. The normalized spacial score (nSPS) is 13.0. The van der Waals surface area contributed by atoms with Crippen LogP contribution in [0.2, 0.25) is 0 Å². The molecule has 1 heterocycles. The molecular weight excluding hydrogens is 259 g/mol. The Balaban J connectivity index is 2.99. The molecule has 0 radical (unpaired) electrons. The van der Waals surface area contributed by atoms with Crippen LogP contribution in [0.15, 0.2) is 23.2 Å². The van der Waals surface area contributed by atoms with E-state index in [0.29, 0.717) is 0 Å². The number of nitrogens with zero attached hydrogens (tertiary/aromatic N) is 2. The second kappa shape index (κ2) is 4.49. The molecule has 0 amide bonds. The first-order chi connectivity index (χ1) is 7.63. The van der Waals surface area contributed by atoms with E-state index < -0.39 is 22.7 Å². The van der Waals surface area contributed by atoms with Crippen LogP contribution in [0.4, 0.5) is 19.0 Å². The average Bonchev–Trinajstić information content (AvgIpc) is 2.15. The fourth-order valence-electron chi connectivity index (χ4n) is 1.06. The highest BCUT2D eigenvalue weighted by Gasteiger charge is 2.34. The van der Waals surface area contributed by atoms with Gasteiger partial charge in [0.2, 0.25) is 10.0 Å². The first-order valence-corrected chi connectivity index (χ1v) is 5.81. The Bertz CT molecular complexity index is 484. The number of aromatic nitrogens is 1. The third-order valence-electron chi connectivity index (χ3n) is 1.87. The van der Waals surface area contributed by atoms with Gasteiger partial charge in [0.05, 0.1) is 0 Å². The zero-order chi connectivity index (χ0) is 13.3. The molecule has 1 aromatic heterocycles. The summed E-state index contributed by atoms with van der Waals surface area (Å²) in [6.45, 7) is -1.56. The van der Waals surface area contributed by atoms with Gasteiger partial charge in [-0.2, -0.15) is 17.5 Å². The number of pyridine rings is 1. The van der Waals surface area contributed by atoms with Crippen molar-refractivity contribution < 1.29 is 21.6 Å². The second-order valence-electron chi connectivity index (χ2n) is 3.30. The number of rotatable bonds is 3. The van der Waals surface area contributed by atoms with Crippen LogP contribution in [0, 0.1) is 0 Å². The van der Waals surface area contributed by atoms with E-state index in [1.807, 2.05) is 0 Å². The zero-order valence-corrected chi connectivity index (χ0v) is 9.59. The van der Waals surface area contributed by atoms with Gasteiger partial charge in [0.1, 0.15) is 17.3 Å². The molecule has 17 heavy (non-hydrogen) atoms. The van der Waals surface area contributed by atoms with E-state index in [-0.39, 0.29) is 15.0 Å². The highest BCUT2D eigenvalue weighted by molar-refractivity contribution is 7.89. The molecule has 1 aromatic rings. The summed E-state index contributed by atoms with van der Waals surface area (Å²) in [5.41, 5.74) is 5.25. The number of alkyl halides is 3. The SMILES string of the molecule is CN(CC(F)(F)F)S(=O)(=O)c1ccc(N)nc1. The lowest BCUT2D eigenvalue weighted by Crippen LogP contribution is -2.35. The van der Waals surface area contributed by atoms with Gasteiger partial charge in [-0.25, -0.2) is 13.4 Å². The predicted octanol–water partition coefficient (Wildman–Crippen LogP) is 0.847. The Morgan fingerprint density at radius 2 is 2.00 bits per heavy atom. The number of halogens is 3. The Hall–Kier alpha value is -1.35. The van der Waals surface area contributed by atoms with Gasteiger partial charge in [0, 0.05) is 13.2 Å². The van der Waals surface area contributed by atoms with Gasteiger partial charge >= 0.3 is 6.18 Å². The highest BCUT2D eigenvalue weighted by atomic mass is 32.2. The summed E-state index contributed by atoms with van der Waals surface area (Å²) in [7, 11) is -3.35. The maximum Gasteiger partial charge on any atom is 0.402 e. The molecule has 0 saturated carbocycles. The summed E-state index contributed by atoms with van der Waals surface area (Å²) >= 11 is 0. The molecule has 0 fully saturated rings. The van der Waals surface area contributed by atoms with Crippen LogP contribution >= 0.6 is 0 Å². The molecule has 1 rings (SSSR count). The lowest BCUT2D eigenvalue weighted by atomic mass is 10.5. The molecule has 0 aliphatic heterocycles. The van der Waals surface area contributed by atoms with Crippen LogP contribution in [-0.2, 0) is 10.0 Å². The van der Waals surface area contributed by atoms with Crippen LogP contribution < -0.4 is 5.73 Å². The van der Waals surface area contributed by atoms with Crippen LogP contribution in [0.25, 0.3) is 0 Å². The smallest absolute Gasteiger partial charge is 0.384 e. The maximum absolute atomic E-state index is 12.1. The van der Waals surface area contributed by atoms with Crippen LogP contribution in [0.5, 0.6) is 0 Å². The minimum atomic E-state index is -4.59. The van der Waals surface area contributed by atoms with E-state index in [2.05, 4.69) is 4.98 Å². The molecule has 9 heteroatoms. The Kier molecular flexibility index (Phi) is 3.62. The second-order valence-corrected chi connectivity index (χ2v) is 5.34. The van der Waals surface area contributed by atoms with Crippen molar-refractivity contribution in [2.24, 2.45) is 0 Å². The molecule has 2 N–H and O–H groups in total. The topological polar surface area (TPSA) is 76.3 Å². The van der Waals surface area contributed by atoms with Gasteiger partial charge in [-0.1, -0.05) is 0 Å². The molecule has 0 spiro atoms. The first kappa shape index (κ1) is 13.7. The minimum absolute atomic E-state index is 0.0856. The van der Waals surface area contributed by atoms with Crippen molar-refractivity contribution in [3.05, 3.63) is 18.3 Å². The van der Waals surface area contributed by atoms with Crippen molar-refractivity contribution >= 4 is 15.8 Å². The van der Waals surface area contributed by atoms with Crippen molar-refractivity contribution in [1.82, 2.24) is 9.29 Å². The summed E-state index contributed by atoms with van der Waals surface area (Å²) in [4.78, 5) is 3.18. The van der Waals surface area contributed by atoms with E-state index in [4.69, 9.17) is 5.73 Å². The molecule has 5 nitrogen and oxygen atoms in total. The van der Waals surface area contributed by atoms with E-state index in [0.717, 1.165) is 19.3 Å². The Labute approximate surface area is 96.1 Å². The van der Waals surface area contributed by atoms with Crippen LogP contribution in [0.1, 0.15) is 0 Å². The number of hydrogen-bond donors (Lipinski definition) is 1. The van der Waals surface area contributed by atoms with Gasteiger partial charge in [-0.3, -0.25) is 0 Å². The Morgan fingerprint density at radius 1 is 1.41 bits per heavy atom. The van der Waals surface area contributed by atoms with Crippen LogP contribution in [-0.4, -0.2) is 37.5 Å². The lowest BCUT2D eigenvalue weighted by molar-refractivity contribution is -0.134. The third kappa shape index (κ3) is 3.56. The molecular formula is C8H10F3N3O2S. The molecule has 0 aliphatic rings. The standard InChI is InChI=1S/C8H10F3N3O2S/c1-14(5-8(9,10)11)17(15,16)6-2-3-7(12)13-4-6/h2-4H,5H2,1H3,(H2,12,13). The summed E-state index contributed by atoms with van der Waals surface area (Å²) in [6, 6.07) is 2.30. The first-order valence-electron chi connectivity index (χ1n) is 4.37. The van der Waals surface area contributed by atoms with Gasteiger partial charge in [-0.15, -0.1) is 0 Å². The van der Waals surface area contributed by atoms with Gasteiger partial charge in [-0.05, 0) is 12.1 Å². The molecule has 0 atom stereocenters. The van der Waals surface area contributed by atoms with Gasteiger partial charge in [0.25, 0.3) is 0 Å². The molecule has 0 saturated heterocycles. The predicted molar refractivity (Wildman–Crippen MR) is 54.5 cm³/mol. The summed E-state index contributed by atoms with van der Waals surface area (Å²) in [5, 5.41) is 0.